The molecule has 1 heterocycles. The van der Waals surface area contributed by atoms with Crippen molar-refractivity contribution in [2.45, 2.75) is 13.5 Å². The number of hydrogen-bond donors (Lipinski definition) is 0. The van der Waals surface area contributed by atoms with Crippen LogP contribution >= 0.6 is 0 Å². The summed E-state index contributed by atoms with van der Waals surface area (Å²) >= 11 is 0. The van der Waals surface area contributed by atoms with E-state index in [0.717, 1.165) is 28.9 Å². The van der Waals surface area contributed by atoms with Gasteiger partial charge in [0.05, 0.1) is 5.56 Å². The van der Waals surface area contributed by atoms with Gasteiger partial charge in [-0.3, -0.25) is 4.79 Å². The predicted octanol–water partition coefficient (Wildman–Crippen LogP) is 2.21. The minimum absolute atomic E-state index is 0.146. The standard InChI is InChI=1S/C14H12NO/c1-2-15-9-5-8-11-10-6-3-4-7-12(10)14(16)13(11)15/h3-9H,2H2,1H3/q+1. The summed E-state index contributed by atoms with van der Waals surface area (Å²) in [4.78, 5) is 12.2. The molecule has 0 saturated carbocycles. The summed E-state index contributed by atoms with van der Waals surface area (Å²) in [5.41, 5.74) is 3.77. The highest BCUT2D eigenvalue weighted by Gasteiger charge is 2.34. The highest BCUT2D eigenvalue weighted by atomic mass is 16.1. The van der Waals surface area contributed by atoms with Crippen molar-refractivity contribution >= 4 is 5.78 Å². The lowest BCUT2D eigenvalue weighted by atomic mass is 10.1. The number of carbonyl (C=O) groups excluding carboxylic acids is 1. The van der Waals surface area contributed by atoms with Gasteiger partial charge in [-0.2, -0.15) is 4.57 Å². The third-order valence-electron chi connectivity index (χ3n) is 3.09. The molecule has 0 amide bonds. The Morgan fingerprint density at radius 1 is 1.00 bits per heavy atom. The predicted molar refractivity (Wildman–Crippen MR) is 61.2 cm³/mol. The molecule has 2 nitrogen and oxygen atoms in total. The van der Waals surface area contributed by atoms with Crippen molar-refractivity contribution in [3.8, 4) is 11.1 Å². The third kappa shape index (κ3) is 1.07. The lowest BCUT2D eigenvalue weighted by molar-refractivity contribution is -0.694. The second-order valence-corrected chi connectivity index (χ2v) is 3.93. The zero-order chi connectivity index (χ0) is 11.1. The summed E-state index contributed by atoms with van der Waals surface area (Å²) < 4.78 is 2.01. The van der Waals surface area contributed by atoms with Crippen LogP contribution in [0.3, 0.4) is 0 Å². The fraction of sp³-hybridized carbons (Fsp3) is 0.143. The maximum Gasteiger partial charge on any atom is 0.261 e. The number of benzene rings is 1. The van der Waals surface area contributed by atoms with E-state index >= 15 is 0 Å². The lowest BCUT2D eigenvalue weighted by Gasteiger charge is -1.98. The molecule has 0 unspecified atom stereocenters. The van der Waals surface area contributed by atoms with E-state index in [9.17, 15) is 4.79 Å². The van der Waals surface area contributed by atoms with Crippen LogP contribution in [-0.2, 0) is 6.54 Å². The number of aryl methyl sites for hydroxylation is 1. The zero-order valence-corrected chi connectivity index (χ0v) is 9.10. The Hall–Kier alpha value is -1.96. The molecule has 16 heavy (non-hydrogen) atoms. The number of hydrogen-bond acceptors (Lipinski definition) is 1. The lowest BCUT2D eigenvalue weighted by Crippen LogP contribution is -2.38. The first kappa shape index (κ1) is 9.28. The molecule has 3 rings (SSSR count). The number of aromatic nitrogens is 1. The summed E-state index contributed by atoms with van der Waals surface area (Å²) in [5, 5.41) is 0. The van der Waals surface area contributed by atoms with Gasteiger partial charge >= 0.3 is 0 Å². The first-order valence-electron chi connectivity index (χ1n) is 5.49. The Kier molecular flexibility index (Phi) is 1.90. The zero-order valence-electron chi connectivity index (χ0n) is 9.10. The first-order valence-corrected chi connectivity index (χ1v) is 5.49. The van der Waals surface area contributed by atoms with Crippen LogP contribution in [0.4, 0.5) is 0 Å². The van der Waals surface area contributed by atoms with Crippen molar-refractivity contribution in [2.24, 2.45) is 0 Å². The fourth-order valence-corrected chi connectivity index (χ4v) is 2.33. The normalized spacial score (nSPS) is 12.4. The summed E-state index contributed by atoms with van der Waals surface area (Å²) in [7, 11) is 0. The number of rotatable bonds is 1. The number of carbonyl (C=O) groups is 1. The molecule has 0 aliphatic heterocycles. The van der Waals surface area contributed by atoms with Crippen LogP contribution in [0.25, 0.3) is 11.1 Å². The average Bonchev–Trinajstić information content (AvgIpc) is 2.64. The van der Waals surface area contributed by atoms with Gasteiger partial charge in [0.25, 0.3) is 11.5 Å². The first-order chi connectivity index (χ1) is 7.83. The molecule has 2 heteroatoms. The van der Waals surface area contributed by atoms with Gasteiger partial charge in [-0.15, -0.1) is 0 Å². The monoisotopic (exact) mass is 210 g/mol. The van der Waals surface area contributed by atoms with Crippen molar-refractivity contribution in [3.63, 3.8) is 0 Å². The minimum Gasteiger partial charge on any atom is -0.282 e. The van der Waals surface area contributed by atoms with Gasteiger partial charge < -0.3 is 0 Å². The van der Waals surface area contributed by atoms with E-state index in [1.807, 2.05) is 47.2 Å². The van der Waals surface area contributed by atoms with Gasteiger partial charge in [0.15, 0.2) is 6.20 Å². The maximum absolute atomic E-state index is 12.2. The highest BCUT2D eigenvalue weighted by molar-refractivity contribution is 6.19. The molecule has 0 radical (unpaired) electrons. The van der Waals surface area contributed by atoms with Crippen molar-refractivity contribution < 1.29 is 9.36 Å². The van der Waals surface area contributed by atoms with E-state index < -0.39 is 0 Å². The van der Waals surface area contributed by atoms with Crippen molar-refractivity contribution in [1.82, 2.24) is 0 Å². The van der Waals surface area contributed by atoms with E-state index in [1.54, 1.807) is 0 Å². The molecule has 78 valence electrons. The number of ketones is 1. The van der Waals surface area contributed by atoms with E-state index in [4.69, 9.17) is 0 Å². The topological polar surface area (TPSA) is 20.9 Å². The Morgan fingerprint density at radius 3 is 2.44 bits per heavy atom. The number of nitrogens with zero attached hydrogens (tertiary/aromatic N) is 1. The van der Waals surface area contributed by atoms with Crippen LogP contribution in [0.5, 0.6) is 0 Å². The van der Waals surface area contributed by atoms with Gasteiger partial charge in [0, 0.05) is 11.6 Å². The van der Waals surface area contributed by atoms with E-state index in [2.05, 4.69) is 6.92 Å². The molecular formula is C14H12NO+. The molecule has 0 saturated heterocycles. The Labute approximate surface area is 94.2 Å². The van der Waals surface area contributed by atoms with Crippen molar-refractivity contribution in [2.75, 3.05) is 0 Å². The molecule has 0 N–H and O–H groups in total. The SMILES string of the molecule is CC[n+]1cccc2c1C(=O)c1ccccc1-2. The van der Waals surface area contributed by atoms with Crippen LogP contribution in [0.15, 0.2) is 42.6 Å². The maximum atomic E-state index is 12.2. The van der Waals surface area contributed by atoms with Gasteiger partial charge in [0.2, 0.25) is 0 Å². The Balaban J connectivity index is 2.37. The molecule has 0 atom stereocenters. The van der Waals surface area contributed by atoms with Crippen LogP contribution in [0.1, 0.15) is 23.0 Å². The fourth-order valence-electron chi connectivity index (χ4n) is 2.33. The van der Waals surface area contributed by atoms with Crippen LogP contribution in [0.2, 0.25) is 0 Å². The van der Waals surface area contributed by atoms with Gasteiger partial charge in [0.1, 0.15) is 6.54 Å². The van der Waals surface area contributed by atoms with E-state index in [0.29, 0.717) is 0 Å². The molecule has 0 fully saturated rings. The van der Waals surface area contributed by atoms with Crippen molar-refractivity contribution in [3.05, 3.63) is 53.9 Å². The molecule has 0 bridgehead atoms. The highest BCUT2D eigenvalue weighted by Crippen LogP contribution is 2.33. The molecule has 1 aliphatic carbocycles. The summed E-state index contributed by atoms with van der Waals surface area (Å²) in [6.45, 7) is 2.87. The quantitative estimate of drug-likeness (QED) is 0.564. The largest absolute Gasteiger partial charge is 0.282 e. The average molecular weight is 210 g/mol. The van der Waals surface area contributed by atoms with Gasteiger partial charge in [-0.05, 0) is 18.6 Å². The van der Waals surface area contributed by atoms with E-state index in [1.165, 1.54) is 0 Å². The summed E-state index contributed by atoms with van der Waals surface area (Å²) in [6.07, 6.45) is 1.96. The molecule has 1 aliphatic rings. The van der Waals surface area contributed by atoms with Crippen LogP contribution in [0, 0.1) is 0 Å². The van der Waals surface area contributed by atoms with Crippen molar-refractivity contribution in [1.29, 1.82) is 0 Å². The molecule has 1 aromatic heterocycles. The Morgan fingerprint density at radius 2 is 1.69 bits per heavy atom. The minimum atomic E-state index is 0.146. The summed E-state index contributed by atoms with van der Waals surface area (Å²) in [5.74, 6) is 0.146. The smallest absolute Gasteiger partial charge is 0.261 e. The van der Waals surface area contributed by atoms with Crippen LogP contribution in [-0.4, -0.2) is 5.78 Å². The second kappa shape index (κ2) is 3.27. The number of pyridine rings is 1. The Bertz CT molecular complexity index is 587. The third-order valence-corrected chi connectivity index (χ3v) is 3.09. The molecule has 0 spiro atoms. The summed E-state index contributed by atoms with van der Waals surface area (Å²) in [6, 6.07) is 11.8. The van der Waals surface area contributed by atoms with Gasteiger partial charge in [-0.25, -0.2) is 0 Å². The molecule has 2 aromatic rings. The van der Waals surface area contributed by atoms with Crippen LogP contribution < -0.4 is 4.57 Å². The van der Waals surface area contributed by atoms with Gasteiger partial charge in [-0.1, -0.05) is 24.3 Å². The molecule has 1 aromatic carbocycles. The molecular weight excluding hydrogens is 198 g/mol. The van der Waals surface area contributed by atoms with E-state index in [-0.39, 0.29) is 5.78 Å². The second-order valence-electron chi connectivity index (χ2n) is 3.93. The number of fused-ring (bicyclic) bond motifs is 3.